The average molecular weight is 362 g/mol. The molecular weight excluding hydrogens is 336 g/mol. The first-order valence-corrected chi connectivity index (χ1v) is 10.4. The molecule has 1 unspecified atom stereocenters. The molecule has 136 valence electrons. The van der Waals surface area contributed by atoms with Crippen molar-refractivity contribution in [3.05, 3.63) is 30.1 Å². The van der Waals surface area contributed by atoms with Gasteiger partial charge in [0.05, 0.1) is 25.8 Å². The summed E-state index contributed by atoms with van der Waals surface area (Å²) in [5, 5.41) is 0. The van der Waals surface area contributed by atoms with Crippen molar-refractivity contribution in [2.75, 3.05) is 31.2 Å². The molecule has 4 rings (SSSR count). The van der Waals surface area contributed by atoms with Crippen LogP contribution in [0, 0.1) is 5.92 Å². The standard InChI is InChI=1S/C19H26N2O3S/c22-18(16-4-8-25-9-5-16)21-13-19(14-21)10-17(3-7-24-19)23-12-15-2-1-6-20-11-15/h1-2,6,11,16-17H,3-5,7-10,12-14H2. The lowest BCUT2D eigenvalue weighted by molar-refractivity contribution is -0.204. The number of nitrogens with zero attached hydrogens (tertiary/aromatic N) is 2. The van der Waals surface area contributed by atoms with E-state index < -0.39 is 0 Å². The van der Waals surface area contributed by atoms with Gasteiger partial charge in [0, 0.05) is 31.3 Å². The highest BCUT2D eigenvalue weighted by atomic mass is 32.2. The molecule has 25 heavy (non-hydrogen) atoms. The Labute approximate surface area is 153 Å². The number of likely N-dealkylation sites (tertiary alicyclic amines) is 1. The Balaban J connectivity index is 1.26. The predicted octanol–water partition coefficient (Wildman–Crippen LogP) is 2.50. The third-order valence-electron chi connectivity index (χ3n) is 5.50. The first kappa shape index (κ1) is 17.3. The molecule has 0 aromatic carbocycles. The van der Waals surface area contributed by atoms with E-state index in [0.717, 1.165) is 62.4 Å². The maximum atomic E-state index is 12.6. The fourth-order valence-corrected chi connectivity index (χ4v) is 5.16. The molecule has 1 amide bonds. The SMILES string of the molecule is O=C(C1CCSCC1)N1CC2(CC(OCc3cccnc3)CCO2)C1. The Bertz CT molecular complexity index is 586. The maximum absolute atomic E-state index is 12.6. The van der Waals surface area contributed by atoms with Gasteiger partial charge in [-0.25, -0.2) is 0 Å². The highest BCUT2D eigenvalue weighted by Crippen LogP contribution is 2.37. The van der Waals surface area contributed by atoms with Crippen molar-refractivity contribution < 1.29 is 14.3 Å². The van der Waals surface area contributed by atoms with Gasteiger partial charge >= 0.3 is 0 Å². The molecule has 0 N–H and O–H groups in total. The second-order valence-corrected chi connectivity index (χ2v) is 8.62. The van der Waals surface area contributed by atoms with Crippen molar-refractivity contribution in [1.29, 1.82) is 0 Å². The number of thioether (sulfide) groups is 1. The average Bonchev–Trinajstić information content (AvgIpc) is 2.65. The monoisotopic (exact) mass is 362 g/mol. The molecule has 4 heterocycles. The lowest BCUT2D eigenvalue weighted by Crippen LogP contribution is -2.68. The van der Waals surface area contributed by atoms with Crippen LogP contribution in [0.2, 0.25) is 0 Å². The summed E-state index contributed by atoms with van der Waals surface area (Å²) in [7, 11) is 0. The topological polar surface area (TPSA) is 51.7 Å². The van der Waals surface area contributed by atoms with Crippen LogP contribution in [0.25, 0.3) is 0 Å². The van der Waals surface area contributed by atoms with Crippen LogP contribution in [0.5, 0.6) is 0 Å². The van der Waals surface area contributed by atoms with Gasteiger partial charge in [-0.2, -0.15) is 11.8 Å². The lowest BCUT2D eigenvalue weighted by Gasteiger charge is -2.53. The number of carbonyl (C=O) groups excluding carboxylic acids is 1. The number of rotatable bonds is 4. The number of aromatic nitrogens is 1. The van der Waals surface area contributed by atoms with Crippen LogP contribution < -0.4 is 0 Å². The van der Waals surface area contributed by atoms with Crippen molar-refractivity contribution >= 4 is 17.7 Å². The van der Waals surface area contributed by atoms with Crippen LogP contribution in [0.4, 0.5) is 0 Å². The summed E-state index contributed by atoms with van der Waals surface area (Å²) < 4.78 is 12.1. The number of carbonyl (C=O) groups is 1. The molecule has 1 aromatic rings. The molecule has 1 atom stereocenters. The summed E-state index contributed by atoms with van der Waals surface area (Å²) in [6.07, 6.45) is 7.71. The Morgan fingerprint density at radius 3 is 2.96 bits per heavy atom. The molecule has 3 fully saturated rings. The molecule has 0 bridgehead atoms. The Morgan fingerprint density at radius 2 is 2.20 bits per heavy atom. The minimum Gasteiger partial charge on any atom is -0.373 e. The fourth-order valence-electron chi connectivity index (χ4n) is 4.05. The number of hydrogen-bond acceptors (Lipinski definition) is 5. The second kappa shape index (κ2) is 7.64. The van der Waals surface area contributed by atoms with Crippen LogP contribution in [0.1, 0.15) is 31.2 Å². The van der Waals surface area contributed by atoms with Gasteiger partial charge in [-0.3, -0.25) is 9.78 Å². The van der Waals surface area contributed by atoms with Crippen molar-refractivity contribution in [2.45, 2.75) is 44.0 Å². The van der Waals surface area contributed by atoms with Gasteiger partial charge in [-0.1, -0.05) is 6.07 Å². The number of amides is 1. The zero-order chi connectivity index (χ0) is 17.1. The minimum absolute atomic E-state index is 0.170. The first-order chi connectivity index (χ1) is 12.2. The molecule has 3 aliphatic heterocycles. The summed E-state index contributed by atoms with van der Waals surface area (Å²) in [6.45, 7) is 2.79. The third kappa shape index (κ3) is 4.01. The zero-order valence-corrected chi connectivity index (χ0v) is 15.4. The smallest absolute Gasteiger partial charge is 0.225 e. The summed E-state index contributed by atoms with van der Waals surface area (Å²) in [4.78, 5) is 18.8. The molecule has 1 aromatic heterocycles. The molecule has 0 aliphatic carbocycles. The number of hydrogen-bond donors (Lipinski definition) is 0. The maximum Gasteiger partial charge on any atom is 0.225 e. The number of ether oxygens (including phenoxy) is 2. The van der Waals surface area contributed by atoms with E-state index in [0.29, 0.717) is 12.5 Å². The summed E-state index contributed by atoms with van der Waals surface area (Å²) in [5.41, 5.74) is 0.931. The lowest BCUT2D eigenvalue weighted by atomic mass is 9.83. The van der Waals surface area contributed by atoms with E-state index in [2.05, 4.69) is 4.98 Å². The van der Waals surface area contributed by atoms with Gasteiger partial charge in [0.15, 0.2) is 0 Å². The van der Waals surface area contributed by atoms with E-state index >= 15 is 0 Å². The van der Waals surface area contributed by atoms with Crippen LogP contribution in [0.3, 0.4) is 0 Å². The molecule has 1 spiro atoms. The van der Waals surface area contributed by atoms with Crippen molar-refractivity contribution in [1.82, 2.24) is 9.88 Å². The molecule has 0 saturated carbocycles. The largest absolute Gasteiger partial charge is 0.373 e. The molecule has 3 aliphatic rings. The van der Waals surface area contributed by atoms with E-state index in [1.807, 2.05) is 35.0 Å². The Morgan fingerprint density at radius 1 is 1.36 bits per heavy atom. The van der Waals surface area contributed by atoms with E-state index in [4.69, 9.17) is 9.47 Å². The third-order valence-corrected chi connectivity index (χ3v) is 6.55. The van der Waals surface area contributed by atoms with Gasteiger partial charge in [0.2, 0.25) is 5.91 Å². The van der Waals surface area contributed by atoms with Crippen molar-refractivity contribution in [3.63, 3.8) is 0 Å². The predicted molar refractivity (Wildman–Crippen MR) is 97.4 cm³/mol. The molecule has 5 nitrogen and oxygen atoms in total. The summed E-state index contributed by atoms with van der Waals surface area (Å²) >= 11 is 1.96. The normalized spacial score (nSPS) is 26.4. The van der Waals surface area contributed by atoms with E-state index in [-0.39, 0.29) is 17.6 Å². The quantitative estimate of drug-likeness (QED) is 0.824. The number of pyridine rings is 1. The Kier molecular flexibility index (Phi) is 5.29. The van der Waals surface area contributed by atoms with Gasteiger partial charge < -0.3 is 14.4 Å². The van der Waals surface area contributed by atoms with E-state index in [1.165, 1.54) is 0 Å². The van der Waals surface area contributed by atoms with E-state index in [1.54, 1.807) is 6.20 Å². The molecule has 0 radical (unpaired) electrons. The fraction of sp³-hybridized carbons (Fsp3) is 0.684. The zero-order valence-electron chi connectivity index (χ0n) is 14.6. The van der Waals surface area contributed by atoms with Gasteiger partial charge in [-0.15, -0.1) is 0 Å². The van der Waals surface area contributed by atoms with Gasteiger partial charge in [0.25, 0.3) is 0 Å². The van der Waals surface area contributed by atoms with Gasteiger partial charge in [0.1, 0.15) is 5.60 Å². The van der Waals surface area contributed by atoms with Crippen LogP contribution in [0.15, 0.2) is 24.5 Å². The summed E-state index contributed by atoms with van der Waals surface area (Å²) in [5.74, 6) is 2.82. The minimum atomic E-state index is -0.170. The molecule has 3 saturated heterocycles. The van der Waals surface area contributed by atoms with Gasteiger partial charge in [-0.05, 0) is 42.4 Å². The summed E-state index contributed by atoms with van der Waals surface area (Å²) in [6, 6.07) is 3.97. The van der Waals surface area contributed by atoms with Crippen molar-refractivity contribution in [3.8, 4) is 0 Å². The van der Waals surface area contributed by atoms with Crippen LogP contribution >= 0.6 is 11.8 Å². The first-order valence-electron chi connectivity index (χ1n) is 9.25. The van der Waals surface area contributed by atoms with Crippen molar-refractivity contribution in [2.24, 2.45) is 5.92 Å². The highest BCUT2D eigenvalue weighted by Gasteiger charge is 2.50. The van der Waals surface area contributed by atoms with Crippen LogP contribution in [-0.2, 0) is 20.9 Å². The Hall–Kier alpha value is -1.11. The molecular formula is C19H26N2O3S. The van der Waals surface area contributed by atoms with Crippen LogP contribution in [-0.4, -0.2) is 58.7 Å². The highest BCUT2D eigenvalue weighted by molar-refractivity contribution is 7.99. The van der Waals surface area contributed by atoms with E-state index in [9.17, 15) is 4.79 Å². The second-order valence-electron chi connectivity index (χ2n) is 7.40. The molecule has 6 heteroatoms.